The summed E-state index contributed by atoms with van der Waals surface area (Å²) in [6.07, 6.45) is 1.56. The van der Waals surface area contributed by atoms with Crippen molar-refractivity contribution in [2.75, 3.05) is 12.4 Å². The monoisotopic (exact) mass is 303 g/mol. The van der Waals surface area contributed by atoms with Crippen molar-refractivity contribution < 1.29 is 14.3 Å². The Morgan fingerprint density at radius 1 is 1.38 bits per heavy atom. The Hall–Kier alpha value is -2.81. The van der Waals surface area contributed by atoms with Gasteiger partial charge in [0.2, 0.25) is 5.13 Å². The van der Waals surface area contributed by atoms with Crippen LogP contribution in [0.3, 0.4) is 0 Å². The molecule has 0 radical (unpaired) electrons. The third-order valence-corrected chi connectivity index (χ3v) is 3.33. The number of nitrogens with one attached hydrogen (secondary N) is 2. The molecule has 0 spiro atoms. The highest BCUT2D eigenvalue weighted by atomic mass is 32.1. The van der Waals surface area contributed by atoms with Crippen molar-refractivity contribution in [3.8, 4) is 0 Å². The topological polar surface area (TPSA) is 110 Å². The number of esters is 1. The summed E-state index contributed by atoms with van der Waals surface area (Å²) in [7, 11) is 1.24. The quantitative estimate of drug-likeness (QED) is 0.709. The Bertz CT molecular complexity index is 825. The number of aromatic nitrogens is 4. The molecule has 0 aliphatic rings. The molecule has 2 N–H and O–H groups in total. The van der Waals surface area contributed by atoms with Crippen LogP contribution in [0.2, 0.25) is 0 Å². The van der Waals surface area contributed by atoms with Gasteiger partial charge in [0.05, 0.1) is 24.5 Å². The molecular formula is C12H9N5O3S. The standard InChI is InChI=1S/C12H9N5O3S/c1-20-11(19)9-15-12(21-17-9)16-10(18)6-2-3-7-8(4-6)14-5-13-7/h2-5H,1H3,(H,13,14)(H,15,16,17,18). The highest BCUT2D eigenvalue weighted by molar-refractivity contribution is 7.10. The molecule has 9 heteroatoms. The van der Waals surface area contributed by atoms with Gasteiger partial charge in [-0.05, 0) is 18.2 Å². The van der Waals surface area contributed by atoms with Crippen molar-refractivity contribution in [2.24, 2.45) is 0 Å². The lowest BCUT2D eigenvalue weighted by molar-refractivity contribution is 0.0588. The number of H-pyrrole nitrogens is 1. The lowest BCUT2D eigenvalue weighted by Gasteiger charge is -2.00. The zero-order valence-corrected chi connectivity index (χ0v) is 11.6. The van der Waals surface area contributed by atoms with Crippen molar-refractivity contribution in [1.82, 2.24) is 19.3 Å². The van der Waals surface area contributed by atoms with Gasteiger partial charge in [0.1, 0.15) is 0 Å². The number of nitrogens with zero attached hydrogens (tertiary/aromatic N) is 3. The second kappa shape index (κ2) is 5.29. The Morgan fingerprint density at radius 2 is 2.24 bits per heavy atom. The van der Waals surface area contributed by atoms with Crippen LogP contribution in [0.15, 0.2) is 24.5 Å². The number of benzene rings is 1. The third kappa shape index (κ3) is 2.58. The molecule has 3 aromatic rings. The molecule has 1 aromatic carbocycles. The summed E-state index contributed by atoms with van der Waals surface area (Å²) in [5.41, 5.74) is 1.98. The van der Waals surface area contributed by atoms with Crippen LogP contribution in [0.5, 0.6) is 0 Å². The minimum Gasteiger partial charge on any atom is -0.463 e. The van der Waals surface area contributed by atoms with E-state index in [-0.39, 0.29) is 16.9 Å². The number of anilines is 1. The van der Waals surface area contributed by atoms with Crippen LogP contribution in [0.1, 0.15) is 21.0 Å². The Labute approximate surface area is 122 Å². The smallest absolute Gasteiger partial charge is 0.377 e. The number of fused-ring (bicyclic) bond motifs is 1. The number of rotatable bonds is 3. The molecule has 21 heavy (non-hydrogen) atoms. The Kier molecular flexibility index (Phi) is 3.32. The SMILES string of the molecule is COC(=O)c1nsc(NC(=O)c2ccc3nc[nH]c3c2)n1. The maximum atomic E-state index is 12.1. The van der Waals surface area contributed by atoms with E-state index in [1.54, 1.807) is 24.5 Å². The van der Waals surface area contributed by atoms with E-state index < -0.39 is 5.97 Å². The van der Waals surface area contributed by atoms with E-state index in [4.69, 9.17) is 0 Å². The van der Waals surface area contributed by atoms with Crippen LogP contribution < -0.4 is 5.32 Å². The summed E-state index contributed by atoms with van der Waals surface area (Å²) < 4.78 is 8.30. The van der Waals surface area contributed by atoms with Crippen LogP contribution in [0.4, 0.5) is 5.13 Å². The molecule has 1 amide bonds. The average Bonchev–Trinajstić information content (AvgIpc) is 3.14. The number of carbonyl (C=O) groups excluding carboxylic acids is 2. The third-order valence-electron chi connectivity index (χ3n) is 2.70. The molecule has 106 valence electrons. The second-order valence-electron chi connectivity index (χ2n) is 4.00. The first-order valence-corrected chi connectivity index (χ1v) is 6.61. The molecule has 0 bridgehead atoms. The largest absolute Gasteiger partial charge is 0.463 e. The van der Waals surface area contributed by atoms with E-state index >= 15 is 0 Å². The van der Waals surface area contributed by atoms with Crippen molar-refractivity contribution in [2.45, 2.75) is 0 Å². The first-order chi connectivity index (χ1) is 10.2. The van der Waals surface area contributed by atoms with Crippen LogP contribution in [0.25, 0.3) is 11.0 Å². The van der Waals surface area contributed by atoms with E-state index in [0.29, 0.717) is 5.56 Å². The van der Waals surface area contributed by atoms with E-state index in [0.717, 1.165) is 22.6 Å². The van der Waals surface area contributed by atoms with Crippen molar-refractivity contribution in [3.63, 3.8) is 0 Å². The van der Waals surface area contributed by atoms with E-state index in [1.807, 2.05) is 0 Å². The molecule has 2 heterocycles. The number of hydrogen-bond donors (Lipinski definition) is 2. The summed E-state index contributed by atoms with van der Waals surface area (Å²) in [5.74, 6) is -1.08. The highest BCUT2D eigenvalue weighted by Crippen LogP contribution is 2.16. The van der Waals surface area contributed by atoms with Gasteiger partial charge in [-0.3, -0.25) is 10.1 Å². The zero-order chi connectivity index (χ0) is 14.8. The minimum atomic E-state index is -0.648. The Balaban J connectivity index is 1.79. The fourth-order valence-electron chi connectivity index (χ4n) is 1.69. The predicted molar refractivity (Wildman–Crippen MR) is 75.3 cm³/mol. The van der Waals surface area contributed by atoms with Crippen LogP contribution in [-0.4, -0.2) is 38.3 Å². The molecule has 3 rings (SSSR count). The van der Waals surface area contributed by atoms with Gasteiger partial charge in [0.25, 0.3) is 11.7 Å². The number of aromatic amines is 1. The number of carbonyl (C=O) groups is 2. The molecule has 0 saturated heterocycles. The fourth-order valence-corrected chi connectivity index (χ4v) is 2.25. The molecule has 0 fully saturated rings. The van der Waals surface area contributed by atoms with Gasteiger partial charge in [-0.2, -0.15) is 9.36 Å². The van der Waals surface area contributed by atoms with Gasteiger partial charge in [0.15, 0.2) is 0 Å². The first-order valence-electron chi connectivity index (χ1n) is 5.84. The predicted octanol–water partition coefficient (Wildman–Crippen LogP) is 1.45. The van der Waals surface area contributed by atoms with Gasteiger partial charge in [-0.25, -0.2) is 9.78 Å². The van der Waals surface area contributed by atoms with Crippen molar-refractivity contribution >= 4 is 39.6 Å². The lowest BCUT2D eigenvalue weighted by atomic mass is 10.2. The van der Waals surface area contributed by atoms with Crippen molar-refractivity contribution in [1.29, 1.82) is 0 Å². The average molecular weight is 303 g/mol. The molecule has 2 aromatic heterocycles. The first kappa shape index (κ1) is 13.2. The van der Waals surface area contributed by atoms with E-state index in [2.05, 4.69) is 29.4 Å². The van der Waals surface area contributed by atoms with E-state index in [1.165, 1.54) is 7.11 Å². The molecular weight excluding hydrogens is 294 g/mol. The van der Waals surface area contributed by atoms with Gasteiger partial charge in [0, 0.05) is 17.1 Å². The molecule has 0 atom stereocenters. The van der Waals surface area contributed by atoms with Gasteiger partial charge in [-0.15, -0.1) is 0 Å². The molecule has 0 aliphatic carbocycles. The number of amides is 1. The Morgan fingerprint density at radius 3 is 3.05 bits per heavy atom. The number of ether oxygens (including phenoxy) is 1. The number of methoxy groups -OCH3 is 1. The van der Waals surface area contributed by atoms with Crippen LogP contribution in [-0.2, 0) is 4.74 Å². The minimum absolute atomic E-state index is 0.0816. The molecule has 0 aliphatic heterocycles. The summed E-state index contributed by atoms with van der Waals surface area (Å²) >= 11 is 0.907. The maximum Gasteiger partial charge on any atom is 0.377 e. The number of hydrogen-bond acceptors (Lipinski definition) is 7. The van der Waals surface area contributed by atoms with E-state index in [9.17, 15) is 9.59 Å². The van der Waals surface area contributed by atoms with Gasteiger partial charge >= 0.3 is 5.97 Å². The second-order valence-corrected chi connectivity index (χ2v) is 4.76. The summed E-state index contributed by atoms with van der Waals surface area (Å²) in [6, 6.07) is 5.07. The zero-order valence-electron chi connectivity index (χ0n) is 10.8. The fraction of sp³-hybridized carbons (Fsp3) is 0.0833. The van der Waals surface area contributed by atoms with Crippen LogP contribution >= 0.6 is 11.5 Å². The normalized spacial score (nSPS) is 10.5. The van der Waals surface area contributed by atoms with Crippen molar-refractivity contribution in [3.05, 3.63) is 35.9 Å². The number of imidazole rings is 1. The lowest BCUT2D eigenvalue weighted by Crippen LogP contribution is -2.12. The van der Waals surface area contributed by atoms with Gasteiger partial charge in [-0.1, -0.05) is 0 Å². The molecule has 8 nitrogen and oxygen atoms in total. The van der Waals surface area contributed by atoms with Crippen LogP contribution in [0, 0.1) is 0 Å². The summed E-state index contributed by atoms with van der Waals surface area (Å²) in [4.78, 5) is 34.2. The maximum absolute atomic E-state index is 12.1. The summed E-state index contributed by atoms with van der Waals surface area (Å²) in [5, 5.41) is 2.81. The molecule has 0 saturated carbocycles. The molecule has 0 unspecified atom stereocenters. The highest BCUT2D eigenvalue weighted by Gasteiger charge is 2.15. The summed E-state index contributed by atoms with van der Waals surface area (Å²) in [6.45, 7) is 0. The van der Waals surface area contributed by atoms with Gasteiger partial charge < -0.3 is 9.72 Å².